The van der Waals surface area contributed by atoms with E-state index < -0.39 is 5.82 Å². The summed E-state index contributed by atoms with van der Waals surface area (Å²) in [6.07, 6.45) is 2.43. The second-order valence-electron chi connectivity index (χ2n) is 3.87. The van der Waals surface area contributed by atoms with E-state index in [2.05, 4.69) is 4.98 Å². The molecule has 0 fully saturated rings. The number of methoxy groups -OCH3 is 1. The number of carbonyl (C=O) groups is 1. The Labute approximate surface area is 104 Å². The summed E-state index contributed by atoms with van der Waals surface area (Å²) < 4.78 is 18.6. The summed E-state index contributed by atoms with van der Waals surface area (Å²) in [6, 6.07) is 6.37. The van der Waals surface area contributed by atoms with Gasteiger partial charge in [-0.2, -0.15) is 0 Å². The van der Waals surface area contributed by atoms with Gasteiger partial charge in [0, 0.05) is 11.8 Å². The third kappa shape index (κ3) is 2.22. The third-order valence-electron chi connectivity index (χ3n) is 2.67. The number of rotatable bonds is 3. The molecule has 0 saturated carbocycles. The maximum atomic E-state index is 13.5. The predicted octanol–water partition coefficient (Wildman–Crippen LogP) is 2.77. The van der Waals surface area contributed by atoms with Crippen molar-refractivity contribution < 1.29 is 13.9 Å². The lowest BCUT2D eigenvalue weighted by molar-refractivity contribution is 0.103. The number of carbonyl (C=O) groups excluding carboxylic acids is 1. The minimum Gasteiger partial charge on any atom is -0.496 e. The van der Waals surface area contributed by atoms with E-state index in [1.54, 1.807) is 25.3 Å². The molecule has 2 aromatic rings. The van der Waals surface area contributed by atoms with Gasteiger partial charge in [0.25, 0.3) is 0 Å². The minimum absolute atomic E-state index is 0.0227. The summed E-state index contributed by atoms with van der Waals surface area (Å²) >= 11 is 0. The molecule has 1 heterocycles. The Kier molecular flexibility index (Phi) is 3.37. The number of ether oxygens (including phenoxy) is 1. The van der Waals surface area contributed by atoms with Crippen LogP contribution in [0.1, 0.15) is 21.5 Å². The van der Waals surface area contributed by atoms with Crippen molar-refractivity contribution in [3.05, 3.63) is 59.2 Å². The van der Waals surface area contributed by atoms with Crippen molar-refractivity contribution in [2.45, 2.75) is 6.92 Å². The van der Waals surface area contributed by atoms with Gasteiger partial charge in [-0.05, 0) is 36.8 Å². The molecule has 0 bridgehead atoms. The standard InChI is InChI=1S/C14H12FNO2/c1-9-7-10(3-4-13(9)18-2)14(17)11-5-6-16-8-12(11)15/h3-8H,1-2H3. The number of halogens is 1. The second kappa shape index (κ2) is 4.96. The highest BCUT2D eigenvalue weighted by molar-refractivity contribution is 6.09. The summed E-state index contributed by atoms with van der Waals surface area (Å²) in [6.45, 7) is 1.83. The Bertz CT molecular complexity index is 596. The van der Waals surface area contributed by atoms with Crippen LogP contribution in [-0.2, 0) is 0 Å². The first kappa shape index (κ1) is 12.2. The van der Waals surface area contributed by atoms with Crippen molar-refractivity contribution >= 4 is 5.78 Å². The van der Waals surface area contributed by atoms with Gasteiger partial charge >= 0.3 is 0 Å². The van der Waals surface area contributed by atoms with Gasteiger partial charge in [-0.25, -0.2) is 4.39 Å². The molecule has 0 spiro atoms. The molecule has 0 N–H and O–H groups in total. The Morgan fingerprint density at radius 3 is 2.72 bits per heavy atom. The number of hydrogen-bond acceptors (Lipinski definition) is 3. The Balaban J connectivity index is 2.41. The van der Waals surface area contributed by atoms with Gasteiger partial charge in [0.2, 0.25) is 0 Å². The normalized spacial score (nSPS) is 10.2. The topological polar surface area (TPSA) is 39.2 Å². The molecule has 3 nitrogen and oxygen atoms in total. The Hall–Kier alpha value is -2.23. The molecule has 18 heavy (non-hydrogen) atoms. The fourth-order valence-electron chi connectivity index (χ4n) is 1.73. The first-order valence-electron chi connectivity index (χ1n) is 5.42. The quantitative estimate of drug-likeness (QED) is 0.780. The first-order chi connectivity index (χ1) is 8.63. The number of hydrogen-bond donors (Lipinski definition) is 0. The van der Waals surface area contributed by atoms with Crippen LogP contribution in [0.3, 0.4) is 0 Å². The maximum Gasteiger partial charge on any atom is 0.196 e. The zero-order valence-corrected chi connectivity index (χ0v) is 10.1. The van der Waals surface area contributed by atoms with Gasteiger partial charge in [-0.1, -0.05) is 0 Å². The smallest absolute Gasteiger partial charge is 0.196 e. The molecular weight excluding hydrogens is 233 g/mol. The fraction of sp³-hybridized carbons (Fsp3) is 0.143. The molecule has 0 aliphatic rings. The molecular formula is C14H12FNO2. The Morgan fingerprint density at radius 2 is 2.11 bits per heavy atom. The lowest BCUT2D eigenvalue weighted by Crippen LogP contribution is -2.05. The number of aromatic nitrogens is 1. The van der Waals surface area contributed by atoms with Crippen molar-refractivity contribution in [1.82, 2.24) is 4.98 Å². The highest BCUT2D eigenvalue weighted by Gasteiger charge is 2.14. The number of aryl methyl sites for hydroxylation is 1. The Morgan fingerprint density at radius 1 is 1.33 bits per heavy atom. The van der Waals surface area contributed by atoms with Gasteiger partial charge in [0.15, 0.2) is 11.6 Å². The van der Waals surface area contributed by atoms with Crippen LogP contribution in [-0.4, -0.2) is 17.9 Å². The van der Waals surface area contributed by atoms with Crippen molar-refractivity contribution in [2.24, 2.45) is 0 Å². The van der Waals surface area contributed by atoms with E-state index in [-0.39, 0.29) is 11.3 Å². The first-order valence-corrected chi connectivity index (χ1v) is 5.42. The summed E-state index contributed by atoms with van der Waals surface area (Å²) in [5, 5.41) is 0. The summed E-state index contributed by atoms with van der Waals surface area (Å²) in [7, 11) is 1.56. The molecule has 0 amide bonds. The van der Waals surface area contributed by atoms with E-state index >= 15 is 0 Å². The van der Waals surface area contributed by atoms with Crippen molar-refractivity contribution in [3.8, 4) is 5.75 Å². The van der Waals surface area contributed by atoms with Crippen LogP contribution in [0.4, 0.5) is 4.39 Å². The van der Waals surface area contributed by atoms with Crippen LogP contribution in [0.5, 0.6) is 5.75 Å². The average Bonchev–Trinajstić information content (AvgIpc) is 2.38. The van der Waals surface area contributed by atoms with Gasteiger partial charge in [-0.15, -0.1) is 0 Å². The fourth-order valence-corrected chi connectivity index (χ4v) is 1.73. The van der Waals surface area contributed by atoms with Gasteiger partial charge in [0.05, 0.1) is 18.9 Å². The van der Waals surface area contributed by atoms with E-state index in [0.717, 1.165) is 11.8 Å². The lowest BCUT2D eigenvalue weighted by Gasteiger charge is -2.07. The lowest BCUT2D eigenvalue weighted by atomic mass is 10.0. The second-order valence-corrected chi connectivity index (χ2v) is 3.87. The number of nitrogens with zero attached hydrogens (tertiary/aromatic N) is 1. The monoisotopic (exact) mass is 245 g/mol. The summed E-state index contributed by atoms with van der Waals surface area (Å²) in [5.41, 5.74) is 1.28. The molecule has 0 radical (unpaired) electrons. The van der Waals surface area contributed by atoms with Crippen LogP contribution in [0.2, 0.25) is 0 Å². The third-order valence-corrected chi connectivity index (χ3v) is 2.67. The molecule has 0 unspecified atom stereocenters. The minimum atomic E-state index is -0.615. The molecule has 0 atom stereocenters. The van der Waals surface area contributed by atoms with Gasteiger partial charge in [-0.3, -0.25) is 9.78 Å². The van der Waals surface area contributed by atoms with E-state index in [1.165, 1.54) is 12.3 Å². The van der Waals surface area contributed by atoms with Gasteiger partial charge in [0.1, 0.15) is 5.75 Å². The SMILES string of the molecule is COc1ccc(C(=O)c2ccncc2F)cc1C. The van der Waals surface area contributed by atoms with E-state index in [4.69, 9.17) is 4.74 Å². The highest BCUT2D eigenvalue weighted by atomic mass is 19.1. The molecule has 0 aliphatic carbocycles. The van der Waals surface area contributed by atoms with Crippen molar-refractivity contribution in [3.63, 3.8) is 0 Å². The van der Waals surface area contributed by atoms with E-state index in [1.807, 2.05) is 6.92 Å². The molecule has 4 heteroatoms. The number of benzene rings is 1. The van der Waals surface area contributed by atoms with Crippen LogP contribution >= 0.6 is 0 Å². The van der Waals surface area contributed by atoms with E-state index in [9.17, 15) is 9.18 Å². The average molecular weight is 245 g/mol. The number of ketones is 1. The van der Waals surface area contributed by atoms with Crippen molar-refractivity contribution in [1.29, 1.82) is 0 Å². The summed E-state index contributed by atoms with van der Waals surface area (Å²) in [4.78, 5) is 15.7. The molecule has 0 saturated heterocycles. The molecule has 1 aromatic carbocycles. The largest absolute Gasteiger partial charge is 0.496 e. The van der Waals surface area contributed by atoms with Crippen molar-refractivity contribution in [2.75, 3.05) is 7.11 Å². The molecule has 92 valence electrons. The van der Waals surface area contributed by atoms with Crippen LogP contribution in [0.25, 0.3) is 0 Å². The molecule has 0 aliphatic heterocycles. The maximum absolute atomic E-state index is 13.5. The molecule has 1 aromatic heterocycles. The molecule has 2 rings (SSSR count). The van der Waals surface area contributed by atoms with Crippen LogP contribution in [0.15, 0.2) is 36.7 Å². The van der Waals surface area contributed by atoms with Gasteiger partial charge < -0.3 is 4.74 Å². The van der Waals surface area contributed by atoms with Crippen LogP contribution < -0.4 is 4.74 Å². The summed E-state index contributed by atoms with van der Waals surface area (Å²) in [5.74, 6) is -0.279. The zero-order chi connectivity index (χ0) is 13.1. The zero-order valence-electron chi connectivity index (χ0n) is 10.1. The predicted molar refractivity (Wildman–Crippen MR) is 65.4 cm³/mol. The van der Waals surface area contributed by atoms with Crippen LogP contribution in [0, 0.1) is 12.7 Å². The van der Waals surface area contributed by atoms with E-state index in [0.29, 0.717) is 11.3 Å². The highest BCUT2D eigenvalue weighted by Crippen LogP contribution is 2.21. The number of pyridine rings is 1.